The number of nitrogens with one attached hydrogen (secondary N) is 1. The molecule has 0 amide bonds. The van der Waals surface area contributed by atoms with Crippen molar-refractivity contribution in [2.24, 2.45) is 0 Å². The molecule has 0 aromatic heterocycles. The van der Waals surface area contributed by atoms with Crippen LogP contribution in [0.4, 0.5) is 5.69 Å². The first-order valence-corrected chi connectivity index (χ1v) is 7.25. The van der Waals surface area contributed by atoms with Crippen LogP contribution >= 0.6 is 11.6 Å². The van der Waals surface area contributed by atoms with Crippen LogP contribution < -0.4 is 5.32 Å². The number of hydrogen-bond donors (Lipinski definition) is 3. The van der Waals surface area contributed by atoms with Crippen molar-refractivity contribution >= 4 is 23.3 Å². The van der Waals surface area contributed by atoms with E-state index in [1.165, 1.54) is 6.07 Å². The van der Waals surface area contributed by atoms with Gasteiger partial charge in [-0.3, -0.25) is 0 Å². The van der Waals surface area contributed by atoms with E-state index in [0.717, 1.165) is 0 Å². The second kappa shape index (κ2) is 7.14. The maximum Gasteiger partial charge on any atom is 0.329 e. The Hall–Kier alpha value is -2.55. The summed E-state index contributed by atoms with van der Waals surface area (Å²) < 4.78 is 0. The molecule has 0 fully saturated rings. The van der Waals surface area contributed by atoms with Gasteiger partial charge in [-0.15, -0.1) is 0 Å². The molecule has 6 heteroatoms. The molecular weight excluding hydrogens is 316 g/mol. The van der Waals surface area contributed by atoms with Crippen LogP contribution in [-0.4, -0.2) is 22.2 Å². The third-order valence-corrected chi connectivity index (χ3v) is 4.03. The number of halogens is 1. The van der Waals surface area contributed by atoms with Crippen molar-refractivity contribution in [2.75, 3.05) is 5.32 Å². The first-order valence-electron chi connectivity index (χ1n) is 6.87. The lowest BCUT2D eigenvalue weighted by molar-refractivity contribution is -0.140. The maximum atomic E-state index is 11.5. The summed E-state index contributed by atoms with van der Waals surface area (Å²) in [4.78, 5) is 11.5. The first-order chi connectivity index (χ1) is 11.0. The fraction of sp³-hybridized carbons (Fsp3) is 0.176. The molecule has 0 saturated heterocycles. The van der Waals surface area contributed by atoms with E-state index in [4.69, 9.17) is 16.9 Å². The fourth-order valence-corrected chi connectivity index (χ4v) is 2.42. The van der Waals surface area contributed by atoms with Crippen LogP contribution in [0, 0.1) is 18.3 Å². The number of aliphatic hydroxyl groups excluding tert-OH is 1. The molecule has 0 saturated carbocycles. The average Bonchev–Trinajstić information content (AvgIpc) is 2.56. The van der Waals surface area contributed by atoms with E-state index >= 15 is 0 Å². The van der Waals surface area contributed by atoms with Crippen molar-refractivity contribution in [1.29, 1.82) is 5.26 Å². The molecule has 2 atom stereocenters. The third kappa shape index (κ3) is 3.62. The predicted molar refractivity (Wildman–Crippen MR) is 87.4 cm³/mol. The zero-order valence-corrected chi connectivity index (χ0v) is 13.1. The Kier molecular flexibility index (Phi) is 5.22. The third-order valence-electron chi connectivity index (χ3n) is 3.54. The van der Waals surface area contributed by atoms with Gasteiger partial charge in [-0.1, -0.05) is 41.9 Å². The Balaban J connectivity index is 2.33. The van der Waals surface area contributed by atoms with E-state index in [-0.39, 0.29) is 5.02 Å². The normalized spacial score (nSPS) is 13.0. The Morgan fingerprint density at radius 3 is 2.48 bits per heavy atom. The second-order valence-electron chi connectivity index (χ2n) is 5.03. The largest absolute Gasteiger partial charge is 0.480 e. The molecule has 0 aliphatic carbocycles. The molecule has 2 aromatic carbocycles. The van der Waals surface area contributed by atoms with Crippen molar-refractivity contribution in [2.45, 2.75) is 19.1 Å². The van der Waals surface area contributed by atoms with Gasteiger partial charge in [-0.25, -0.2) is 4.79 Å². The summed E-state index contributed by atoms with van der Waals surface area (Å²) >= 11 is 6.09. The van der Waals surface area contributed by atoms with Crippen molar-refractivity contribution in [3.63, 3.8) is 0 Å². The van der Waals surface area contributed by atoms with Gasteiger partial charge < -0.3 is 15.5 Å². The van der Waals surface area contributed by atoms with E-state index in [1.54, 1.807) is 43.3 Å². The molecule has 5 nitrogen and oxygen atoms in total. The molecule has 2 rings (SSSR count). The first kappa shape index (κ1) is 16.8. The number of carboxylic acid groups (broad SMARTS) is 1. The molecule has 118 valence electrons. The van der Waals surface area contributed by atoms with Crippen LogP contribution in [-0.2, 0) is 4.79 Å². The van der Waals surface area contributed by atoms with E-state index in [2.05, 4.69) is 5.32 Å². The lowest BCUT2D eigenvalue weighted by Gasteiger charge is -2.23. The summed E-state index contributed by atoms with van der Waals surface area (Å²) in [6.07, 6.45) is -1.23. The summed E-state index contributed by atoms with van der Waals surface area (Å²) in [6.45, 7) is 1.68. The minimum atomic E-state index is -1.25. The van der Waals surface area contributed by atoms with Gasteiger partial charge in [-0.05, 0) is 30.2 Å². The predicted octanol–water partition coefficient (Wildman–Crippen LogP) is 3.12. The SMILES string of the molecule is Cc1c(NC(C(=O)O)C(O)c2ccccc2)ccc(C#N)c1Cl. The van der Waals surface area contributed by atoms with Gasteiger partial charge in [0.05, 0.1) is 10.6 Å². The molecule has 0 radical (unpaired) electrons. The number of carboxylic acids is 1. The quantitative estimate of drug-likeness (QED) is 0.783. The Morgan fingerprint density at radius 2 is 1.91 bits per heavy atom. The molecule has 0 aliphatic rings. The summed E-state index contributed by atoms with van der Waals surface area (Å²) in [5.74, 6) is -1.19. The van der Waals surface area contributed by atoms with Crippen molar-refractivity contribution < 1.29 is 15.0 Å². The van der Waals surface area contributed by atoms with Gasteiger partial charge in [0.1, 0.15) is 12.2 Å². The van der Waals surface area contributed by atoms with Crippen LogP contribution in [0.25, 0.3) is 0 Å². The fourth-order valence-electron chi connectivity index (χ4n) is 2.21. The van der Waals surface area contributed by atoms with Crippen LogP contribution in [0.1, 0.15) is 22.8 Å². The van der Waals surface area contributed by atoms with E-state index in [0.29, 0.717) is 22.4 Å². The number of aliphatic hydroxyl groups is 1. The van der Waals surface area contributed by atoms with Crippen LogP contribution in [0.5, 0.6) is 0 Å². The van der Waals surface area contributed by atoms with E-state index in [9.17, 15) is 15.0 Å². The molecule has 0 aliphatic heterocycles. The Morgan fingerprint density at radius 1 is 1.26 bits per heavy atom. The number of carbonyl (C=O) groups is 1. The zero-order valence-electron chi connectivity index (χ0n) is 12.3. The number of anilines is 1. The van der Waals surface area contributed by atoms with Gasteiger partial charge in [0.15, 0.2) is 6.04 Å². The maximum absolute atomic E-state index is 11.5. The minimum Gasteiger partial charge on any atom is -0.480 e. The van der Waals surface area contributed by atoms with Gasteiger partial charge in [0, 0.05) is 5.69 Å². The van der Waals surface area contributed by atoms with Gasteiger partial charge >= 0.3 is 5.97 Å². The number of hydrogen-bond acceptors (Lipinski definition) is 4. The molecule has 0 spiro atoms. The topological polar surface area (TPSA) is 93.3 Å². The molecule has 2 unspecified atom stereocenters. The van der Waals surface area contributed by atoms with Crippen molar-refractivity contribution in [3.05, 3.63) is 64.2 Å². The second-order valence-corrected chi connectivity index (χ2v) is 5.41. The summed E-state index contributed by atoms with van der Waals surface area (Å²) in [7, 11) is 0. The van der Waals surface area contributed by atoms with E-state index < -0.39 is 18.1 Å². The van der Waals surface area contributed by atoms with Gasteiger partial charge in [0.25, 0.3) is 0 Å². The average molecular weight is 331 g/mol. The lowest BCUT2D eigenvalue weighted by atomic mass is 10.0. The Labute approximate surface area is 138 Å². The summed E-state index contributed by atoms with van der Waals surface area (Å²) in [5, 5.41) is 31.8. The number of nitriles is 1. The molecule has 0 bridgehead atoms. The van der Waals surface area contributed by atoms with Crippen molar-refractivity contribution in [1.82, 2.24) is 0 Å². The number of aliphatic carboxylic acids is 1. The van der Waals surface area contributed by atoms with Crippen LogP contribution in [0.3, 0.4) is 0 Å². The van der Waals surface area contributed by atoms with Crippen molar-refractivity contribution in [3.8, 4) is 6.07 Å². The molecule has 2 aromatic rings. The number of benzene rings is 2. The highest BCUT2D eigenvalue weighted by molar-refractivity contribution is 6.32. The van der Waals surface area contributed by atoms with Crippen LogP contribution in [0.15, 0.2) is 42.5 Å². The van der Waals surface area contributed by atoms with Crippen LogP contribution in [0.2, 0.25) is 5.02 Å². The van der Waals surface area contributed by atoms with Gasteiger partial charge in [0.2, 0.25) is 0 Å². The summed E-state index contributed by atoms with van der Waals surface area (Å²) in [6, 6.07) is 12.3. The molecular formula is C17H15ClN2O3. The smallest absolute Gasteiger partial charge is 0.329 e. The number of nitrogens with zero attached hydrogens (tertiary/aromatic N) is 1. The van der Waals surface area contributed by atoms with E-state index in [1.807, 2.05) is 6.07 Å². The highest BCUT2D eigenvalue weighted by atomic mass is 35.5. The standard InChI is InChI=1S/C17H15ClN2O3/c1-10-13(8-7-12(9-19)14(10)18)20-15(17(22)23)16(21)11-5-3-2-4-6-11/h2-8,15-16,20-21H,1H3,(H,22,23). The zero-order chi connectivity index (χ0) is 17.0. The molecule has 23 heavy (non-hydrogen) atoms. The highest BCUT2D eigenvalue weighted by Gasteiger charge is 2.28. The van der Waals surface area contributed by atoms with Gasteiger partial charge in [-0.2, -0.15) is 5.26 Å². The monoisotopic (exact) mass is 330 g/mol. The minimum absolute atomic E-state index is 0.260. The molecule has 0 heterocycles. The number of rotatable bonds is 5. The Bertz CT molecular complexity index is 756. The highest BCUT2D eigenvalue weighted by Crippen LogP contribution is 2.29. The molecule has 3 N–H and O–H groups in total. The summed E-state index contributed by atoms with van der Waals surface area (Å²) in [5.41, 5.74) is 1.81. The lowest BCUT2D eigenvalue weighted by Crippen LogP contribution is -2.35.